The summed E-state index contributed by atoms with van der Waals surface area (Å²) < 4.78 is 59.7. The van der Waals surface area contributed by atoms with Gasteiger partial charge in [0.05, 0.1) is 9.79 Å². The van der Waals surface area contributed by atoms with Crippen molar-refractivity contribution in [1.29, 1.82) is 0 Å². The molecule has 0 saturated heterocycles. The van der Waals surface area contributed by atoms with Crippen LogP contribution in [0.4, 0.5) is 22.7 Å². The fourth-order valence-electron chi connectivity index (χ4n) is 12.7. The summed E-state index contributed by atoms with van der Waals surface area (Å²) in [6.07, 6.45) is 16.8. The normalized spacial score (nSPS) is 19.0. The van der Waals surface area contributed by atoms with E-state index in [1.54, 1.807) is 57.1 Å². The van der Waals surface area contributed by atoms with Gasteiger partial charge in [-0.15, -0.1) is 0 Å². The maximum absolute atomic E-state index is 14.4. The topological polar surface area (TPSA) is 156 Å². The maximum atomic E-state index is 14.4. The molecule has 7 aliphatic heterocycles. The first-order valence-electron chi connectivity index (χ1n) is 33.5. The van der Waals surface area contributed by atoms with Crippen LogP contribution in [0.15, 0.2) is 168 Å². The summed E-state index contributed by atoms with van der Waals surface area (Å²) in [6.45, 7) is 3.46. The molecular weight excluding hydrogens is 1160 g/mol. The molecule has 13 rings (SSSR count). The van der Waals surface area contributed by atoms with Crippen LogP contribution in [0.5, 0.6) is 0 Å². The standard InChI is InChI=1S/C74H94N6O8S2/c81-71-31-15-7-19-51-75(89(85,86)69-27-11-5-12-28-69)53-21-9-17-33-73(83)79-57-25-3-4-26-58-80-68-49-41-64(42-50-68)60-62-37-45-66(46-38-62)78(56-24-2-1-23-55-77(71)65-43-35-61(36-44-65)59-63-39-47-67(79)48-40-63)72(82)32-16-8-20-52-76(54-22-10-18-34-74(80)84)90(87,88)70-29-13-6-14-30-70/h5-6,11-14,27-30,35-50H,1-4,7-10,15-26,31-34,51-60H2. The number of amides is 4. The molecule has 0 fully saturated rings. The van der Waals surface area contributed by atoms with E-state index in [1.807, 2.05) is 80.3 Å². The molecule has 0 unspecified atom stereocenters. The number of rotatable bonds is 4. The van der Waals surface area contributed by atoms with Crippen LogP contribution in [0.2, 0.25) is 0 Å². The molecule has 0 spiro atoms. The number of benzene rings is 6. The van der Waals surface area contributed by atoms with Crippen LogP contribution < -0.4 is 19.6 Å². The molecule has 480 valence electrons. The zero-order valence-corrected chi connectivity index (χ0v) is 54.5. The summed E-state index contributed by atoms with van der Waals surface area (Å²) in [5, 5.41) is 0. The molecule has 16 heteroatoms. The number of carbonyl (C=O) groups is 4. The Labute approximate surface area is 536 Å². The van der Waals surface area contributed by atoms with E-state index in [4.69, 9.17) is 0 Å². The number of nitrogens with zero attached hydrogens (tertiary/aromatic N) is 6. The number of anilines is 4. The van der Waals surface area contributed by atoms with Crippen LogP contribution >= 0.6 is 0 Å². The highest BCUT2D eigenvalue weighted by atomic mass is 32.2. The molecule has 0 N–H and O–H groups in total. The van der Waals surface area contributed by atoms with Crippen LogP contribution in [0, 0.1) is 0 Å². The lowest BCUT2D eigenvalue weighted by Gasteiger charge is -2.25. The van der Waals surface area contributed by atoms with Gasteiger partial charge in [-0.2, -0.15) is 8.61 Å². The van der Waals surface area contributed by atoms with E-state index in [1.165, 1.54) is 0 Å². The Morgan fingerprint density at radius 1 is 0.233 bits per heavy atom. The molecule has 6 aromatic rings. The molecule has 0 atom stereocenters. The van der Waals surface area contributed by atoms with Crippen LogP contribution in [-0.2, 0) is 52.1 Å². The SMILES string of the molecule is O=C1CCCCCN(S(=O)(=O)c2ccccc2)CCCCCC(=O)N2CCCCCCN3C(=O)CCCCCN(S(=O)(=O)c4ccccc4)CCCCCC(=O)N(CCCCCCN1c1ccc(cc1)Cc1ccc2cc1)c1ccc(cc1)Cc1ccc3cc1. The highest BCUT2D eigenvalue weighted by Crippen LogP contribution is 2.28. The fraction of sp³-hybridized carbons (Fsp3) is 0.459. The highest BCUT2D eigenvalue weighted by Gasteiger charge is 2.27. The van der Waals surface area contributed by atoms with E-state index >= 15 is 0 Å². The van der Waals surface area contributed by atoms with Crippen molar-refractivity contribution >= 4 is 66.4 Å². The van der Waals surface area contributed by atoms with Gasteiger partial charge in [-0.1, -0.05) is 136 Å². The van der Waals surface area contributed by atoms with Gasteiger partial charge >= 0.3 is 0 Å². The van der Waals surface area contributed by atoms with Gasteiger partial charge in [-0.3, -0.25) is 19.2 Å². The monoisotopic (exact) mass is 1260 g/mol. The average molecular weight is 1260 g/mol. The molecule has 0 saturated carbocycles. The van der Waals surface area contributed by atoms with E-state index < -0.39 is 20.0 Å². The third kappa shape index (κ3) is 19.5. The van der Waals surface area contributed by atoms with E-state index in [0.29, 0.717) is 168 Å². The Morgan fingerprint density at radius 2 is 0.444 bits per heavy atom. The van der Waals surface area contributed by atoms with Gasteiger partial charge in [0.15, 0.2) is 0 Å². The zero-order chi connectivity index (χ0) is 63.0. The van der Waals surface area contributed by atoms with Gasteiger partial charge in [0.25, 0.3) is 0 Å². The summed E-state index contributed by atoms with van der Waals surface area (Å²) >= 11 is 0. The summed E-state index contributed by atoms with van der Waals surface area (Å²) in [5.74, 6) is 0.147. The van der Waals surface area contributed by atoms with E-state index in [0.717, 1.165) is 96.4 Å². The Balaban J connectivity index is 0.994. The van der Waals surface area contributed by atoms with Crippen molar-refractivity contribution < 1.29 is 36.0 Å². The minimum Gasteiger partial charge on any atom is -0.312 e. The number of hydrogen-bond donors (Lipinski definition) is 0. The molecular formula is C74H94N6O8S2. The van der Waals surface area contributed by atoms with Gasteiger partial charge in [0.2, 0.25) is 43.7 Å². The third-order valence-corrected chi connectivity index (χ3v) is 21.8. The first-order valence-corrected chi connectivity index (χ1v) is 36.4. The lowest BCUT2D eigenvalue weighted by atomic mass is 10.0. The van der Waals surface area contributed by atoms with Crippen molar-refractivity contribution in [1.82, 2.24) is 8.61 Å². The predicted octanol–water partition coefficient (Wildman–Crippen LogP) is 14.7. The second-order valence-electron chi connectivity index (χ2n) is 24.7. The van der Waals surface area contributed by atoms with Crippen molar-refractivity contribution in [2.24, 2.45) is 0 Å². The third-order valence-electron chi connectivity index (χ3n) is 18.0. The Bertz CT molecular complexity index is 3050. The van der Waals surface area contributed by atoms with Gasteiger partial charge in [-0.25, -0.2) is 16.8 Å². The molecule has 0 aliphatic carbocycles. The molecule has 12 bridgehead atoms. The quantitative estimate of drug-likeness (QED) is 0.169. The lowest BCUT2D eigenvalue weighted by Crippen LogP contribution is -2.34. The lowest BCUT2D eigenvalue weighted by molar-refractivity contribution is -0.119. The Morgan fingerprint density at radius 3 is 0.678 bits per heavy atom. The first-order chi connectivity index (χ1) is 43.8. The molecule has 7 aliphatic rings. The Hall–Kier alpha value is -6.98. The van der Waals surface area contributed by atoms with E-state index in [2.05, 4.69) is 48.5 Å². The number of fused-ring (bicyclic) bond motifs is 4. The Kier molecular flexibility index (Phi) is 25.8. The summed E-state index contributed by atoms with van der Waals surface area (Å²) in [7, 11) is -7.56. The summed E-state index contributed by atoms with van der Waals surface area (Å²) in [6, 6.07) is 50.2. The molecule has 4 amide bonds. The second-order valence-corrected chi connectivity index (χ2v) is 28.6. The molecule has 90 heavy (non-hydrogen) atoms. The van der Waals surface area contributed by atoms with Crippen LogP contribution in [0.25, 0.3) is 0 Å². The largest absolute Gasteiger partial charge is 0.312 e. The average Bonchev–Trinajstić information content (AvgIpc) is 2.45. The highest BCUT2D eigenvalue weighted by molar-refractivity contribution is 7.89. The minimum absolute atomic E-state index is 0.0369. The van der Waals surface area contributed by atoms with Crippen molar-refractivity contribution in [2.45, 2.75) is 177 Å². The molecule has 7 heterocycles. The minimum atomic E-state index is -3.78. The van der Waals surface area contributed by atoms with E-state index in [-0.39, 0.29) is 33.4 Å². The predicted molar refractivity (Wildman–Crippen MR) is 362 cm³/mol. The molecule has 6 aromatic carbocycles. The van der Waals surface area contributed by atoms with Crippen LogP contribution in [-0.4, -0.2) is 101 Å². The van der Waals surface area contributed by atoms with Gasteiger partial charge < -0.3 is 19.6 Å². The summed E-state index contributed by atoms with van der Waals surface area (Å²) in [4.78, 5) is 65.7. The zero-order valence-electron chi connectivity index (χ0n) is 52.8. The smallest absolute Gasteiger partial charge is 0.243 e. The van der Waals surface area contributed by atoms with Gasteiger partial charge in [-0.05, 0) is 185 Å². The fourth-order valence-corrected chi connectivity index (χ4v) is 15.8. The number of sulfonamides is 2. The van der Waals surface area contributed by atoms with Crippen molar-refractivity contribution in [3.8, 4) is 0 Å². The molecule has 0 radical (unpaired) electrons. The first kappa shape index (κ1) is 67.4. The van der Waals surface area contributed by atoms with Crippen LogP contribution in [0.1, 0.15) is 176 Å². The molecule has 0 aromatic heterocycles. The van der Waals surface area contributed by atoms with Crippen molar-refractivity contribution in [3.05, 3.63) is 180 Å². The maximum Gasteiger partial charge on any atom is 0.243 e. The molecule has 14 nitrogen and oxygen atoms in total. The number of hydrogen-bond acceptors (Lipinski definition) is 8. The van der Waals surface area contributed by atoms with Crippen molar-refractivity contribution in [2.75, 3.05) is 72.0 Å². The second kappa shape index (κ2) is 34.4. The van der Waals surface area contributed by atoms with Gasteiger partial charge in [0, 0.05) is 101 Å². The summed E-state index contributed by atoms with van der Waals surface area (Å²) in [5.41, 5.74) is 7.77. The van der Waals surface area contributed by atoms with E-state index in [9.17, 15) is 36.0 Å². The van der Waals surface area contributed by atoms with Gasteiger partial charge in [0.1, 0.15) is 0 Å². The van der Waals surface area contributed by atoms with Crippen molar-refractivity contribution in [3.63, 3.8) is 0 Å². The number of carbonyl (C=O) groups excluding carboxylic acids is 4. The van der Waals surface area contributed by atoms with Crippen LogP contribution in [0.3, 0.4) is 0 Å².